The summed E-state index contributed by atoms with van der Waals surface area (Å²) in [4.78, 5) is 18.6. The molecule has 2 atom stereocenters. The van der Waals surface area contributed by atoms with Crippen LogP contribution in [0.25, 0.3) is 11.3 Å². The van der Waals surface area contributed by atoms with Crippen LogP contribution >= 0.6 is 11.6 Å². The van der Waals surface area contributed by atoms with E-state index < -0.39 is 29.6 Å². The summed E-state index contributed by atoms with van der Waals surface area (Å²) in [5.41, 5.74) is 7.21. The van der Waals surface area contributed by atoms with Gasteiger partial charge < -0.3 is 25.4 Å². The standard InChI is InChI=1S/C25H23ClF3N7O3/c1-14(17-3-2-15(11-30)8-18(17)26)33-23(37)35-5-4-24(13-35)21-10-19(34-36(21)6-7-38-24)16-9-20(22(31)32-12-16)39-25(27,28)29/h2-3,8-10,12,14H,4-7,13H2,1H3,(H2,31,32)(H,33,37). The molecule has 3 aromatic rings. The van der Waals surface area contributed by atoms with Crippen LogP contribution in [0.2, 0.25) is 5.02 Å². The molecule has 10 nitrogen and oxygen atoms in total. The third-order valence-electron chi connectivity index (χ3n) is 6.79. The smallest absolute Gasteiger partial charge is 0.402 e. The number of aromatic nitrogens is 3. The number of nitriles is 1. The Labute approximate surface area is 226 Å². The Morgan fingerprint density at radius 1 is 1.33 bits per heavy atom. The van der Waals surface area contributed by atoms with Crippen molar-refractivity contribution < 1.29 is 27.4 Å². The first-order valence-corrected chi connectivity index (χ1v) is 12.3. The van der Waals surface area contributed by atoms with Crippen LogP contribution in [0.5, 0.6) is 5.75 Å². The van der Waals surface area contributed by atoms with Crippen molar-refractivity contribution in [2.45, 2.75) is 37.9 Å². The number of hydrogen-bond donors (Lipinski definition) is 2. The van der Waals surface area contributed by atoms with Gasteiger partial charge in [-0.3, -0.25) is 4.68 Å². The second kappa shape index (κ2) is 9.94. The molecule has 14 heteroatoms. The van der Waals surface area contributed by atoms with Crippen molar-refractivity contribution in [3.05, 3.63) is 58.4 Å². The van der Waals surface area contributed by atoms with Gasteiger partial charge in [-0.15, -0.1) is 13.2 Å². The van der Waals surface area contributed by atoms with Crippen LogP contribution < -0.4 is 15.8 Å². The topological polar surface area (TPSA) is 131 Å². The van der Waals surface area contributed by atoms with Crippen LogP contribution in [0.3, 0.4) is 0 Å². The van der Waals surface area contributed by atoms with Gasteiger partial charge in [0.2, 0.25) is 0 Å². The van der Waals surface area contributed by atoms with Crippen molar-refractivity contribution in [2.75, 3.05) is 25.4 Å². The number of carbonyl (C=O) groups excluding carboxylic acids is 1. The van der Waals surface area contributed by atoms with Gasteiger partial charge in [0.15, 0.2) is 11.6 Å². The lowest BCUT2D eigenvalue weighted by Crippen LogP contribution is -2.44. The number of amides is 2. The molecule has 1 saturated heterocycles. The summed E-state index contributed by atoms with van der Waals surface area (Å²) in [7, 11) is 0. The van der Waals surface area contributed by atoms with Crippen molar-refractivity contribution >= 4 is 23.4 Å². The molecule has 39 heavy (non-hydrogen) atoms. The third-order valence-corrected chi connectivity index (χ3v) is 7.11. The SMILES string of the molecule is CC(NC(=O)N1CCC2(C1)OCCn1nc(-c3cnc(N)c(OC(F)(F)F)c3)cc12)c1ccc(C#N)cc1Cl. The van der Waals surface area contributed by atoms with Crippen LogP contribution in [0.1, 0.15) is 36.2 Å². The molecule has 2 amide bonds. The molecule has 3 N–H and O–H groups in total. The fraction of sp³-hybridized carbons (Fsp3) is 0.360. The largest absolute Gasteiger partial charge is 0.573 e. The third kappa shape index (κ3) is 5.30. The van der Waals surface area contributed by atoms with E-state index in [-0.39, 0.29) is 12.6 Å². The van der Waals surface area contributed by atoms with E-state index in [9.17, 15) is 18.0 Å². The number of fused-ring (bicyclic) bond motifs is 2. The number of benzene rings is 1. The van der Waals surface area contributed by atoms with Crippen LogP contribution in [0.15, 0.2) is 36.5 Å². The van der Waals surface area contributed by atoms with E-state index in [1.54, 1.807) is 40.8 Å². The molecule has 0 aliphatic carbocycles. The number of nitrogens with zero attached hydrogens (tertiary/aromatic N) is 5. The minimum Gasteiger partial charge on any atom is -0.402 e. The van der Waals surface area contributed by atoms with Gasteiger partial charge in [-0.1, -0.05) is 17.7 Å². The maximum atomic E-state index is 13.1. The lowest BCUT2D eigenvalue weighted by atomic mass is 9.96. The average molecular weight is 562 g/mol. The summed E-state index contributed by atoms with van der Waals surface area (Å²) in [6, 6.07) is 9.07. The highest BCUT2D eigenvalue weighted by molar-refractivity contribution is 6.31. The molecule has 0 bridgehead atoms. The first kappa shape index (κ1) is 26.6. The number of carbonyl (C=O) groups is 1. The van der Waals surface area contributed by atoms with Crippen molar-refractivity contribution in [3.63, 3.8) is 0 Å². The predicted molar refractivity (Wildman–Crippen MR) is 133 cm³/mol. The van der Waals surface area contributed by atoms with E-state index in [0.29, 0.717) is 59.2 Å². The Morgan fingerprint density at radius 2 is 2.13 bits per heavy atom. The zero-order valence-corrected chi connectivity index (χ0v) is 21.4. The lowest BCUT2D eigenvalue weighted by Gasteiger charge is -2.34. The van der Waals surface area contributed by atoms with Crippen LogP contribution in [-0.4, -0.2) is 51.8 Å². The first-order chi connectivity index (χ1) is 18.5. The van der Waals surface area contributed by atoms with Crippen LogP contribution in [0.4, 0.5) is 23.8 Å². The molecule has 2 aromatic heterocycles. The number of ether oxygens (including phenoxy) is 2. The van der Waals surface area contributed by atoms with Crippen molar-refractivity contribution in [1.82, 2.24) is 25.0 Å². The highest BCUT2D eigenvalue weighted by Crippen LogP contribution is 2.40. The maximum Gasteiger partial charge on any atom is 0.573 e. The van der Waals surface area contributed by atoms with Gasteiger partial charge in [0.25, 0.3) is 0 Å². The van der Waals surface area contributed by atoms with Gasteiger partial charge >= 0.3 is 12.4 Å². The highest BCUT2D eigenvalue weighted by atomic mass is 35.5. The van der Waals surface area contributed by atoms with Gasteiger partial charge in [0.05, 0.1) is 48.8 Å². The molecule has 204 valence electrons. The number of pyridine rings is 1. The number of halogens is 4. The fourth-order valence-corrected chi connectivity index (χ4v) is 5.23. The summed E-state index contributed by atoms with van der Waals surface area (Å²) in [6.07, 6.45) is -3.10. The first-order valence-electron chi connectivity index (χ1n) is 12.0. The highest BCUT2D eigenvalue weighted by Gasteiger charge is 2.47. The number of nitrogen functional groups attached to an aromatic ring is 1. The number of anilines is 1. The predicted octanol–water partition coefficient (Wildman–Crippen LogP) is 4.35. The number of hydrogen-bond acceptors (Lipinski definition) is 7. The molecular formula is C25H23ClF3N7O3. The zero-order chi connectivity index (χ0) is 27.9. The molecule has 0 saturated carbocycles. The quantitative estimate of drug-likeness (QED) is 0.484. The summed E-state index contributed by atoms with van der Waals surface area (Å²) < 4.78 is 50.2. The van der Waals surface area contributed by atoms with E-state index in [0.717, 1.165) is 6.07 Å². The molecule has 4 heterocycles. The second-order valence-electron chi connectivity index (χ2n) is 9.33. The number of alkyl halides is 3. The molecule has 2 aliphatic heterocycles. The Morgan fingerprint density at radius 3 is 2.85 bits per heavy atom. The maximum absolute atomic E-state index is 13.1. The van der Waals surface area contributed by atoms with Gasteiger partial charge in [-0.05, 0) is 36.8 Å². The van der Waals surface area contributed by atoms with Gasteiger partial charge in [0, 0.05) is 29.7 Å². The van der Waals surface area contributed by atoms with E-state index >= 15 is 0 Å². The Hall–Kier alpha value is -4.02. The summed E-state index contributed by atoms with van der Waals surface area (Å²) >= 11 is 6.30. The normalized spacial score (nSPS) is 19.4. The van der Waals surface area contributed by atoms with Crippen LogP contribution in [-0.2, 0) is 16.9 Å². The van der Waals surface area contributed by atoms with Crippen LogP contribution in [0, 0.1) is 11.3 Å². The Kier molecular flexibility index (Phi) is 6.77. The molecule has 2 aliphatic rings. The molecule has 1 fully saturated rings. The molecule has 1 spiro atoms. The monoisotopic (exact) mass is 561 g/mol. The van der Waals surface area contributed by atoms with E-state index in [2.05, 4.69) is 20.1 Å². The van der Waals surface area contributed by atoms with E-state index in [1.807, 2.05) is 6.07 Å². The molecule has 2 unspecified atom stereocenters. The number of nitrogens with two attached hydrogens (primary N) is 1. The molecular weight excluding hydrogens is 539 g/mol. The summed E-state index contributed by atoms with van der Waals surface area (Å²) in [5, 5.41) is 16.9. The zero-order valence-electron chi connectivity index (χ0n) is 20.6. The number of nitrogens with one attached hydrogen (secondary N) is 1. The van der Waals surface area contributed by atoms with Gasteiger partial charge in [-0.25, -0.2) is 9.78 Å². The fourth-order valence-electron chi connectivity index (χ4n) is 4.88. The second-order valence-corrected chi connectivity index (χ2v) is 9.73. The Bertz CT molecular complexity index is 1470. The van der Waals surface area contributed by atoms with Crippen molar-refractivity contribution in [2.24, 2.45) is 0 Å². The summed E-state index contributed by atoms with van der Waals surface area (Å²) in [5.74, 6) is -1.01. The average Bonchev–Trinajstić information content (AvgIpc) is 3.51. The number of urea groups is 1. The molecule has 5 rings (SSSR count). The lowest BCUT2D eigenvalue weighted by molar-refractivity contribution is -0.274. The number of likely N-dealkylation sites (tertiary alicyclic amines) is 1. The molecule has 0 radical (unpaired) electrons. The summed E-state index contributed by atoms with van der Waals surface area (Å²) in [6.45, 7) is 3.25. The van der Waals surface area contributed by atoms with Gasteiger partial charge in [-0.2, -0.15) is 10.4 Å². The van der Waals surface area contributed by atoms with Gasteiger partial charge in [0.1, 0.15) is 5.60 Å². The van der Waals surface area contributed by atoms with E-state index in [4.69, 9.17) is 27.3 Å². The van der Waals surface area contributed by atoms with Crippen molar-refractivity contribution in [3.8, 4) is 23.1 Å². The minimum absolute atomic E-state index is 0.250. The van der Waals surface area contributed by atoms with E-state index in [1.165, 1.54) is 6.20 Å². The molecule has 1 aromatic carbocycles. The number of rotatable bonds is 4. The minimum atomic E-state index is -4.92. The Balaban J connectivity index is 1.34. The van der Waals surface area contributed by atoms with Crippen molar-refractivity contribution in [1.29, 1.82) is 5.26 Å².